The van der Waals surface area contributed by atoms with Crippen molar-refractivity contribution < 1.29 is 13.2 Å². The third kappa shape index (κ3) is 4.96. The molecule has 25 heavy (non-hydrogen) atoms. The van der Waals surface area contributed by atoms with Crippen molar-refractivity contribution in [3.8, 4) is 0 Å². The molecule has 0 atom stereocenters. The molecule has 0 aliphatic carbocycles. The van der Waals surface area contributed by atoms with Crippen molar-refractivity contribution in [1.29, 1.82) is 0 Å². The van der Waals surface area contributed by atoms with Gasteiger partial charge in [0.15, 0.2) is 0 Å². The maximum Gasteiger partial charge on any atom is 0.416 e. The number of allylic oxidation sites excluding steroid dienone is 5. The van der Waals surface area contributed by atoms with Crippen LogP contribution in [0.4, 0.5) is 13.2 Å². The molecular formula is C22H21F3. The van der Waals surface area contributed by atoms with Gasteiger partial charge in [-0.1, -0.05) is 72.8 Å². The van der Waals surface area contributed by atoms with Crippen molar-refractivity contribution in [2.24, 2.45) is 0 Å². The van der Waals surface area contributed by atoms with Crippen molar-refractivity contribution in [2.45, 2.75) is 26.4 Å². The molecule has 0 unspecified atom stereocenters. The van der Waals surface area contributed by atoms with Crippen LogP contribution in [0.15, 0.2) is 78.9 Å². The highest BCUT2D eigenvalue weighted by Crippen LogP contribution is 2.33. The lowest BCUT2D eigenvalue weighted by Gasteiger charge is -2.13. The minimum Gasteiger partial charge on any atom is -0.166 e. The van der Waals surface area contributed by atoms with Gasteiger partial charge in [-0.3, -0.25) is 0 Å². The SMILES string of the molecule is C=C(C)/C(=C\C=C/C)c1ccc(Cc2ccccc2C(F)(F)F)cc1. The number of hydrogen-bond acceptors (Lipinski definition) is 0. The van der Waals surface area contributed by atoms with Gasteiger partial charge in [0.25, 0.3) is 0 Å². The van der Waals surface area contributed by atoms with E-state index < -0.39 is 11.7 Å². The first-order valence-electron chi connectivity index (χ1n) is 8.06. The first-order chi connectivity index (χ1) is 11.8. The molecule has 2 aromatic carbocycles. The molecule has 0 spiro atoms. The third-order valence-electron chi connectivity index (χ3n) is 3.90. The van der Waals surface area contributed by atoms with Gasteiger partial charge in [0.1, 0.15) is 0 Å². The summed E-state index contributed by atoms with van der Waals surface area (Å²) < 4.78 is 39.3. The van der Waals surface area contributed by atoms with Crippen LogP contribution in [0.1, 0.15) is 36.1 Å². The van der Waals surface area contributed by atoms with Crippen molar-refractivity contribution in [3.05, 3.63) is 101 Å². The van der Waals surface area contributed by atoms with Gasteiger partial charge in [0, 0.05) is 0 Å². The van der Waals surface area contributed by atoms with Crippen LogP contribution < -0.4 is 0 Å². The van der Waals surface area contributed by atoms with Crippen LogP contribution >= 0.6 is 0 Å². The molecule has 0 saturated heterocycles. The Morgan fingerprint density at radius 3 is 2.24 bits per heavy atom. The molecule has 0 fully saturated rings. The van der Waals surface area contributed by atoms with E-state index in [-0.39, 0.29) is 12.0 Å². The summed E-state index contributed by atoms with van der Waals surface area (Å²) in [5.41, 5.74) is 3.50. The predicted octanol–water partition coefficient (Wildman–Crippen LogP) is 6.83. The molecule has 2 aromatic rings. The number of hydrogen-bond donors (Lipinski definition) is 0. The van der Waals surface area contributed by atoms with E-state index in [0.29, 0.717) is 0 Å². The number of benzene rings is 2. The molecule has 0 radical (unpaired) electrons. The van der Waals surface area contributed by atoms with Crippen molar-refractivity contribution in [1.82, 2.24) is 0 Å². The van der Waals surface area contributed by atoms with Crippen LogP contribution in [0.2, 0.25) is 0 Å². The van der Waals surface area contributed by atoms with Crippen LogP contribution in [0.5, 0.6) is 0 Å². The Morgan fingerprint density at radius 2 is 1.68 bits per heavy atom. The monoisotopic (exact) mass is 342 g/mol. The molecule has 0 N–H and O–H groups in total. The molecule has 2 rings (SSSR count). The highest BCUT2D eigenvalue weighted by atomic mass is 19.4. The fourth-order valence-corrected chi connectivity index (χ4v) is 2.65. The average Bonchev–Trinajstić information content (AvgIpc) is 2.56. The summed E-state index contributed by atoms with van der Waals surface area (Å²) in [6.45, 7) is 7.86. The second-order valence-corrected chi connectivity index (χ2v) is 5.92. The summed E-state index contributed by atoms with van der Waals surface area (Å²) in [5, 5.41) is 0. The lowest BCUT2D eigenvalue weighted by molar-refractivity contribution is -0.138. The molecule has 0 aliphatic rings. The predicted molar refractivity (Wildman–Crippen MR) is 98.3 cm³/mol. The van der Waals surface area contributed by atoms with Crippen molar-refractivity contribution >= 4 is 5.57 Å². The van der Waals surface area contributed by atoms with Crippen LogP contribution in [-0.2, 0) is 12.6 Å². The summed E-state index contributed by atoms with van der Waals surface area (Å²) in [7, 11) is 0. The summed E-state index contributed by atoms with van der Waals surface area (Å²) in [6, 6.07) is 13.3. The Bertz CT molecular complexity index is 791. The van der Waals surface area contributed by atoms with Gasteiger partial charge in [0.05, 0.1) is 5.56 Å². The van der Waals surface area contributed by atoms with E-state index in [4.69, 9.17) is 0 Å². The van der Waals surface area contributed by atoms with Crippen LogP contribution in [0.25, 0.3) is 5.57 Å². The first-order valence-corrected chi connectivity index (χ1v) is 8.06. The summed E-state index contributed by atoms with van der Waals surface area (Å²) >= 11 is 0. The van der Waals surface area contributed by atoms with Gasteiger partial charge in [-0.15, -0.1) is 0 Å². The molecule has 0 aromatic heterocycles. The van der Waals surface area contributed by atoms with Gasteiger partial charge in [-0.25, -0.2) is 0 Å². The quantitative estimate of drug-likeness (QED) is 0.522. The van der Waals surface area contributed by atoms with Gasteiger partial charge in [0.2, 0.25) is 0 Å². The molecule has 130 valence electrons. The highest BCUT2D eigenvalue weighted by Gasteiger charge is 2.32. The number of alkyl halides is 3. The Kier molecular flexibility index (Phi) is 6.02. The number of halogens is 3. The van der Waals surface area contributed by atoms with Gasteiger partial charge in [-0.2, -0.15) is 13.2 Å². The summed E-state index contributed by atoms with van der Waals surface area (Å²) in [5.74, 6) is 0. The van der Waals surface area contributed by atoms with E-state index in [0.717, 1.165) is 28.3 Å². The Morgan fingerprint density at radius 1 is 1.04 bits per heavy atom. The summed E-state index contributed by atoms with van der Waals surface area (Å²) in [6.07, 6.45) is 1.77. The standard InChI is InChI=1S/C22H21F3/c1-4-5-9-20(16(2)3)18-13-11-17(12-14-18)15-19-8-6-7-10-21(19)22(23,24)25/h4-14H,2,15H2,1,3H3/b5-4-,20-9+. The molecule has 0 bridgehead atoms. The van der Waals surface area contributed by atoms with Crippen molar-refractivity contribution in [2.75, 3.05) is 0 Å². The second-order valence-electron chi connectivity index (χ2n) is 5.92. The van der Waals surface area contributed by atoms with Crippen molar-refractivity contribution in [3.63, 3.8) is 0 Å². The average molecular weight is 342 g/mol. The topological polar surface area (TPSA) is 0 Å². The molecular weight excluding hydrogens is 321 g/mol. The van der Waals surface area contributed by atoms with E-state index in [1.807, 2.05) is 56.3 Å². The smallest absolute Gasteiger partial charge is 0.166 e. The fraction of sp³-hybridized carbons (Fsp3) is 0.182. The first kappa shape index (κ1) is 18.8. The zero-order valence-electron chi connectivity index (χ0n) is 14.4. The Balaban J connectivity index is 2.29. The second kappa shape index (κ2) is 8.02. The Hall–Kier alpha value is -2.55. The molecule has 0 aliphatic heterocycles. The lowest BCUT2D eigenvalue weighted by atomic mass is 9.95. The van der Waals surface area contributed by atoms with Gasteiger partial charge in [-0.05, 0) is 48.6 Å². The van der Waals surface area contributed by atoms with E-state index in [2.05, 4.69) is 6.58 Å². The molecule has 0 nitrogen and oxygen atoms in total. The van der Waals surface area contributed by atoms with Gasteiger partial charge < -0.3 is 0 Å². The molecule has 0 saturated carbocycles. The highest BCUT2D eigenvalue weighted by molar-refractivity contribution is 5.79. The van der Waals surface area contributed by atoms with Crippen LogP contribution in [-0.4, -0.2) is 0 Å². The minimum absolute atomic E-state index is 0.247. The maximum absolute atomic E-state index is 13.1. The molecule has 0 heterocycles. The summed E-state index contributed by atoms with van der Waals surface area (Å²) in [4.78, 5) is 0. The number of rotatable bonds is 5. The van der Waals surface area contributed by atoms with E-state index in [9.17, 15) is 13.2 Å². The Labute approximate surface area is 147 Å². The lowest BCUT2D eigenvalue weighted by Crippen LogP contribution is -2.09. The third-order valence-corrected chi connectivity index (χ3v) is 3.90. The zero-order chi connectivity index (χ0) is 18.4. The molecule has 3 heteroatoms. The minimum atomic E-state index is -4.33. The van der Waals surface area contributed by atoms with Crippen LogP contribution in [0, 0.1) is 0 Å². The zero-order valence-corrected chi connectivity index (χ0v) is 14.4. The normalized spacial score (nSPS) is 12.6. The van der Waals surface area contributed by atoms with E-state index in [1.165, 1.54) is 12.1 Å². The van der Waals surface area contributed by atoms with E-state index >= 15 is 0 Å². The van der Waals surface area contributed by atoms with Crippen LogP contribution in [0.3, 0.4) is 0 Å². The fourth-order valence-electron chi connectivity index (χ4n) is 2.65. The molecule has 0 amide bonds. The van der Waals surface area contributed by atoms with Gasteiger partial charge >= 0.3 is 6.18 Å². The largest absolute Gasteiger partial charge is 0.416 e. The van der Waals surface area contributed by atoms with E-state index in [1.54, 1.807) is 6.07 Å². The maximum atomic E-state index is 13.1.